The second-order valence-electron chi connectivity index (χ2n) is 3.67. The van der Waals surface area contributed by atoms with Crippen molar-refractivity contribution >= 4 is 5.69 Å². The number of benzene rings is 1. The Bertz CT molecular complexity index is 327. The zero-order valence-electron chi connectivity index (χ0n) is 8.22. The lowest BCUT2D eigenvalue weighted by Gasteiger charge is -2.25. The quantitative estimate of drug-likeness (QED) is 0.779. The zero-order valence-corrected chi connectivity index (χ0v) is 8.22. The predicted molar refractivity (Wildman–Crippen MR) is 54.0 cm³/mol. The van der Waals surface area contributed by atoms with Crippen molar-refractivity contribution < 1.29 is 9.13 Å². The molecule has 14 heavy (non-hydrogen) atoms. The zero-order chi connectivity index (χ0) is 9.97. The van der Waals surface area contributed by atoms with E-state index in [1.165, 1.54) is 6.07 Å². The van der Waals surface area contributed by atoms with Gasteiger partial charge in [-0.05, 0) is 18.6 Å². The second-order valence-corrected chi connectivity index (χ2v) is 3.67. The van der Waals surface area contributed by atoms with Crippen LogP contribution in [0.1, 0.15) is 5.56 Å². The molecule has 0 aliphatic carbocycles. The Balaban J connectivity index is 2.20. The number of rotatable bonds is 2. The summed E-state index contributed by atoms with van der Waals surface area (Å²) in [6.07, 6.45) is 0.767. The summed E-state index contributed by atoms with van der Waals surface area (Å²) in [6.45, 7) is 1.55. The lowest BCUT2D eigenvalue weighted by molar-refractivity contribution is 0.155. The summed E-state index contributed by atoms with van der Waals surface area (Å²) in [5.41, 5.74) is 1.72. The standard InChI is InChI=1S/C11H14FNO/c1-14-7-8-5-9-10(12)3-2-4-11(9)13-6-8/h2-4,8,13H,5-7H2,1H3. The van der Waals surface area contributed by atoms with Crippen molar-refractivity contribution in [2.24, 2.45) is 5.92 Å². The van der Waals surface area contributed by atoms with E-state index in [4.69, 9.17) is 4.74 Å². The smallest absolute Gasteiger partial charge is 0.128 e. The minimum absolute atomic E-state index is 0.115. The first-order valence-electron chi connectivity index (χ1n) is 4.81. The van der Waals surface area contributed by atoms with E-state index in [-0.39, 0.29) is 5.82 Å². The fraction of sp³-hybridized carbons (Fsp3) is 0.455. The molecule has 1 aliphatic rings. The highest BCUT2D eigenvalue weighted by Gasteiger charge is 2.20. The largest absolute Gasteiger partial charge is 0.384 e. The molecule has 1 aromatic carbocycles. The fourth-order valence-electron chi connectivity index (χ4n) is 1.90. The summed E-state index contributed by atoms with van der Waals surface area (Å²) in [5.74, 6) is 0.264. The van der Waals surface area contributed by atoms with Gasteiger partial charge in [-0.25, -0.2) is 4.39 Å². The molecule has 76 valence electrons. The van der Waals surface area contributed by atoms with Gasteiger partial charge in [0.1, 0.15) is 5.82 Å². The summed E-state index contributed by atoms with van der Waals surface area (Å²) in [6, 6.07) is 5.16. The number of methoxy groups -OCH3 is 1. The van der Waals surface area contributed by atoms with Crippen molar-refractivity contribution in [2.45, 2.75) is 6.42 Å². The van der Waals surface area contributed by atoms with Gasteiger partial charge in [-0.3, -0.25) is 0 Å². The molecule has 0 bridgehead atoms. The average molecular weight is 195 g/mol. The molecule has 1 heterocycles. The van der Waals surface area contributed by atoms with Crippen molar-refractivity contribution in [3.05, 3.63) is 29.6 Å². The molecule has 0 saturated heterocycles. The molecule has 2 rings (SSSR count). The van der Waals surface area contributed by atoms with Crippen LogP contribution in [0.2, 0.25) is 0 Å². The van der Waals surface area contributed by atoms with E-state index >= 15 is 0 Å². The molecule has 0 aromatic heterocycles. The van der Waals surface area contributed by atoms with Gasteiger partial charge in [0.2, 0.25) is 0 Å². The monoisotopic (exact) mass is 195 g/mol. The van der Waals surface area contributed by atoms with E-state index in [0.29, 0.717) is 12.5 Å². The number of hydrogen-bond donors (Lipinski definition) is 1. The highest BCUT2D eigenvalue weighted by molar-refractivity contribution is 5.53. The lowest BCUT2D eigenvalue weighted by Crippen LogP contribution is -2.27. The molecule has 1 unspecified atom stereocenters. The third kappa shape index (κ3) is 1.73. The Morgan fingerprint density at radius 3 is 3.21 bits per heavy atom. The van der Waals surface area contributed by atoms with Crippen molar-refractivity contribution in [3.63, 3.8) is 0 Å². The molecular formula is C11H14FNO. The van der Waals surface area contributed by atoms with Gasteiger partial charge in [-0.2, -0.15) is 0 Å². The van der Waals surface area contributed by atoms with Crippen LogP contribution >= 0.6 is 0 Å². The maximum Gasteiger partial charge on any atom is 0.128 e. The number of hydrogen-bond acceptors (Lipinski definition) is 2. The first-order valence-corrected chi connectivity index (χ1v) is 4.81. The molecule has 0 radical (unpaired) electrons. The summed E-state index contributed by atoms with van der Waals surface area (Å²) in [7, 11) is 1.68. The van der Waals surface area contributed by atoms with E-state index in [0.717, 1.165) is 24.2 Å². The van der Waals surface area contributed by atoms with E-state index in [2.05, 4.69) is 5.32 Å². The van der Waals surface area contributed by atoms with Crippen molar-refractivity contribution in [1.29, 1.82) is 0 Å². The normalized spacial score (nSPS) is 20.0. The minimum Gasteiger partial charge on any atom is -0.384 e. The summed E-state index contributed by atoms with van der Waals surface area (Å²) < 4.78 is 18.5. The van der Waals surface area contributed by atoms with E-state index in [1.807, 2.05) is 6.07 Å². The predicted octanol–water partition coefficient (Wildman–Crippen LogP) is 2.06. The van der Waals surface area contributed by atoms with Crippen LogP contribution in [0.4, 0.5) is 10.1 Å². The molecule has 2 nitrogen and oxygen atoms in total. The Kier molecular flexibility index (Phi) is 2.68. The molecule has 0 amide bonds. The van der Waals surface area contributed by atoms with Gasteiger partial charge >= 0.3 is 0 Å². The SMILES string of the molecule is COCC1CNc2cccc(F)c2C1. The first kappa shape index (κ1) is 9.46. The Morgan fingerprint density at radius 1 is 1.57 bits per heavy atom. The van der Waals surface area contributed by atoms with Crippen molar-refractivity contribution in [1.82, 2.24) is 0 Å². The van der Waals surface area contributed by atoms with Crippen LogP contribution in [0.5, 0.6) is 0 Å². The van der Waals surface area contributed by atoms with Crippen LogP contribution in [0.15, 0.2) is 18.2 Å². The molecule has 1 N–H and O–H groups in total. The molecular weight excluding hydrogens is 181 g/mol. The van der Waals surface area contributed by atoms with Crippen LogP contribution in [-0.4, -0.2) is 20.3 Å². The molecule has 0 saturated carbocycles. The molecule has 0 spiro atoms. The van der Waals surface area contributed by atoms with E-state index < -0.39 is 0 Å². The van der Waals surface area contributed by atoms with Crippen LogP contribution in [0, 0.1) is 11.7 Å². The van der Waals surface area contributed by atoms with Crippen molar-refractivity contribution in [3.8, 4) is 0 Å². The molecule has 1 atom stereocenters. The average Bonchev–Trinajstić information content (AvgIpc) is 2.20. The summed E-state index contributed by atoms with van der Waals surface area (Å²) in [4.78, 5) is 0. The number of anilines is 1. The van der Waals surface area contributed by atoms with Gasteiger partial charge in [-0.1, -0.05) is 6.07 Å². The van der Waals surface area contributed by atoms with Gasteiger partial charge in [0.15, 0.2) is 0 Å². The Morgan fingerprint density at radius 2 is 2.43 bits per heavy atom. The third-order valence-electron chi connectivity index (χ3n) is 2.60. The molecule has 0 fully saturated rings. The van der Waals surface area contributed by atoms with Gasteiger partial charge in [-0.15, -0.1) is 0 Å². The summed E-state index contributed by atoms with van der Waals surface area (Å²) in [5, 5.41) is 3.22. The maximum atomic E-state index is 13.4. The molecule has 3 heteroatoms. The number of fused-ring (bicyclic) bond motifs is 1. The van der Waals surface area contributed by atoms with Crippen LogP contribution in [0.25, 0.3) is 0 Å². The van der Waals surface area contributed by atoms with Gasteiger partial charge in [0.25, 0.3) is 0 Å². The number of halogens is 1. The number of ether oxygens (including phenoxy) is 1. The van der Waals surface area contributed by atoms with E-state index in [1.54, 1.807) is 13.2 Å². The van der Waals surface area contributed by atoms with Gasteiger partial charge in [0, 0.05) is 30.8 Å². The maximum absolute atomic E-state index is 13.4. The highest BCUT2D eigenvalue weighted by Crippen LogP contribution is 2.26. The molecule has 1 aromatic rings. The molecule has 1 aliphatic heterocycles. The Hall–Kier alpha value is -1.09. The van der Waals surface area contributed by atoms with Crippen LogP contribution in [0.3, 0.4) is 0 Å². The van der Waals surface area contributed by atoms with Crippen LogP contribution in [-0.2, 0) is 11.2 Å². The van der Waals surface area contributed by atoms with Crippen LogP contribution < -0.4 is 5.32 Å². The summed E-state index contributed by atoms with van der Waals surface area (Å²) >= 11 is 0. The van der Waals surface area contributed by atoms with Gasteiger partial charge in [0.05, 0.1) is 6.61 Å². The minimum atomic E-state index is -0.115. The number of nitrogens with one attached hydrogen (secondary N) is 1. The Labute approximate surface area is 83.1 Å². The highest BCUT2D eigenvalue weighted by atomic mass is 19.1. The van der Waals surface area contributed by atoms with Gasteiger partial charge < -0.3 is 10.1 Å². The first-order chi connectivity index (χ1) is 6.81. The topological polar surface area (TPSA) is 21.3 Å². The third-order valence-corrected chi connectivity index (χ3v) is 2.60. The second kappa shape index (κ2) is 3.96. The van der Waals surface area contributed by atoms with Crippen molar-refractivity contribution in [2.75, 3.05) is 25.6 Å². The van der Waals surface area contributed by atoms with E-state index in [9.17, 15) is 4.39 Å². The fourth-order valence-corrected chi connectivity index (χ4v) is 1.90. The lowest BCUT2D eigenvalue weighted by atomic mass is 9.94.